The van der Waals surface area contributed by atoms with E-state index in [0.717, 1.165) is 6.42 Å². The van der Waals surface area contributed by atoms with Gasteiger partial charge in [0.25, 0.3) is 0 Å². The molecule has 0 amide bonds. The summed E-state index contributed by atoms with van der Waals surface area (Å²) in [5.74, 6) is 0.584. The Labute approximate surface area is 104 Å². The van der Waals surface area contributed by atoms with Crippen LogP contribution in [-0.4, -0.2) is 12.6 Å². The average molecular weight is 234 g/mol. The Morgan fingerprint density at radius 2 is 1.88 bits per heavy atom. The quantitative estimate of drug-likeness (QED) is 0.700. The zero-order valence-corrected chi connectivity index (χ0v) is 11.0. The molecule has 0 heterocycles. The summed E-state index contributed by atoms with van der Waals surface area (Å²) in [4.78, 5) is 11.7. The van der Waals surface area contributed by atoms with Crippen LogP contribution in [0.1, 0.15) is 45.1 Å². The van der Waals surface area contributed by atoms with Crippen LogP contribution in [0.4, 0.5) is 0 Å². The molecule has 2 nitrogen and oxygen atoms in total. The summed E-state index contributed by atoms with van der Waals surface area (Å²) in [5.41, 5.74) is 1.22. The van der Waals surface area contributed by atoms with Gasteiger partial charge in [0, 0.05) is 0 Å². The molecule has 1 aromatic carbocycles. The van der Waals surface area contributed by atoms with Crippen molar-refractivity contribution in [1.82, 2.24) is 0 Å². The van der Waals surface area contributed by atoms with E-state index in [0.29, 0.717) is 18.9 Å². The van der Waals surface area contributed by atoms with Crippen LogP contribution >= 0.6 is 0 Å². The Bertz CT molecular complexity index is 330. The summed E-state index contributed by atoms with van der Waals surface area (Å²) in [6.45, 7) is 6.71. The van der Waals surface area contributed by atoms with Gasteiger partial charge < -0.3 is 4.74 Å². The lowest BCUT2D eigenvalue weighted by Crippen LogP contribution is -2.13. The molecule has 0 fully saturated rings. The smallest absolute Gasteiger partial charge is 0.306 e. The Hall–Kier alpha value is -1.31. The summed E-state index contributed by atoms with van der Waals surface area (Å²) in [7, 11) is 0. The minimum atomic E-state index is -0.0885. The van der Waals surface area contributed by atoms with E-state index in [1.165, 1.54) is 5.56 Å². The Balaban J connectivity index is 2.50. The van der Waals surface area contributed by atoms with E-state index < -0.39 is 0 Å². The zero-order chi connectivity index (χ0) is 12.7. The van der Waals surface area contributed by atoms with E-state index in [9.17, 15) is 4.79 Å². The lowest BCUT2D eigenvalue weighted by Gasteiger charge is -2.15. The fraction of sp³-hybridized carbons (Fsp3) is 0.533. The van der Waals surface area contributed by atoms with E-state index in [2.05, 4.69) is 19.1 Å². The van der Waals surface area contributed by atoms with Gasteiger partial charge in [-0.25, -0.2) is 0 Å². The highest BCUT2D eigenvalue weighted by molar-refractivity contribution is 5.70. The Morgan fingerprint density at radius 1 is 1.24 bits per heavy atom. The topological polar surface area (TPSA) is 26.3 Å². The molecule has 0 saturated carbocycles. The summed E-state index contributed by atoms with van der Waals surface area (Å²) in [5, 5.41) is 0. The summed E-state index contributed by atoms with van der Waals surface area (Å²) >= 11 is 0. The Morgan fingerprint density at radius 3 is 2.41 bits per heavy atom. The highest BCUT2D eigenvalue weighted by atomic mass is 16.5. The third-order valence-corrected chi connectivity index (χ3v) is 2.75. The second kappa shape index (κ2) is 7.10. The van der Waals surface area contributed by atoms with Crippen molar-refractivity contribution in [3.05, 3.63) is 35.9 Å². The number of hydrogen-bond acceptors (Lipinski definition) is 2. The maximum Gasteiger partial charge on any atom is 0.306 e. The first-order valence-corrected chi connectivity index (χ1v) is 6.34. The van der Waals surface area contributed by atoms with Crippen molar-refractivity contribution < 1.29 is 9.53 Å². The molecule has 0 aliphatic carbocycles. The van der Waals surface area contributed by atoms with E-state index >= 15 is 0 Å². The molecule has 0 N–H and O–H groups in total. The van der Waals surface area contributed by atoms with Crippen LogP contribution in [0.25, 0.3) is 0 Å². The van der Waals surface area contributed by atoms with Crippen molar-refractivity contribution in [1.29, 1.82) is 0 Å². The average Bonchev–Trinajstić information content (AvgIpc) is 2.34. The second-order valence-electron chi connectivity index (χ2n) is 4.80. The molecule has 0 spiro atoms. The largest absolute Gasteiger partial charge is 0.465 e. The first-order chi connectivity index (χ1) is 8.13. The van der Waals surface area contributed by atoms with Crippen LogP contribution in [0.3, 0.4) is 0 Å². The van der Waals surface area contributed by atoms with Crippen molar-refractivity contribution in [2.24, 2.45) is 5.92 Å². The minimum Gasteiger partial charge on any atom is -0.465 e. The number of benzene rings is 1. The summed E-state index contributed by atoms with van der Waals surface area (Å²) < 4.78 is 5.22. The van der Waals surface area contributed by atoms with Gasteiger partial charge in [-0.3, -0.25) is 4.79 Å². The maximum atomic E-state index is 11.7. The predicted octanol–water partition coefficient (Wildman–Crippen LogP) is 3.77. The van der Waals surface area contributed by atoms with Gasteiger partial charge in [0.05, 0.1) is 13.0 Å². The Kier molecular flexibility index (Phi) is 5.75. The molecule has 1 aromatic rings. The first kappa shape index (κ1) is 13.8. The lowest BCUT2D eigenvalue weighted by atomic mass is 9.93. The molecular formula is C15H22O2. The van der Waals surface area contributed by atoms with Crippen LogP contribution < -0.4 is 0 Å². The third kappa shape index (κ3) is 5.03. The van der Waals surface area contributed by atoms with E-state index in [1.807, 2.05) is 32.0 Å². The van der Waals surface area contributed by atoms with Gasteiger partial charge in [-0.1, -0.05) is 51.1 Å². The number of carbonyl (C=O) groups is 1. The highest BCUT2D eigenvalue weighted by Crippen LogP contribution is 2.23. The number of hydrogen-bond donors (Lipinski definition) is 0. The summed E-state index contributed by atoms with van der Waals surface area (Å²) in [6, 6.07) is 10.2. The normalized spacial score (nSPS) is 12.5. The number of carbonyl (C=O) groups excluding carboxylic acids is 1. The second-order valence-corrected chi connectivity index (χ2v) is 4.80. The molecule has 0 bridgehead atoms. The van der Waals surface area contributed by atoms with Gasteiger partial charge in [0.1, 0.15) is 0 Å². The van der Waals surface area contributed by atoms with E-state index in [1.54, 1.807) is 0 Å². The molecule has 1 unspecified atom stereocenters. The van der Waals surface area contributed by atoms with Crippen LogP contribution in [0, 0.1) is 5.92 Å². The van der Waals surface area contributed by atoms with E-state index in [-0.39, 0.29) is 11.9 Å². The van der Waals surface area contributed by atoms with Crippen molar-refractivity contribution in [3.8, 4) is 0 Å². The van der Waals surface area contributed by atoms with Crippen molar-refractivity contribution in [2.75, 3.05) is 6.61 Å². The number of rotatable bonds is 6. The number of ether oxygens (including phenoxy) is 1. The van der Waals surface area contributed by atoms with Crippen LogP contribution in [-0.2, 0) is 9.53 Å². The van der Waals surface area contributed by atoms with Crippen LogP contribution in [0.2, 0.25) is 0 Å². The molecule has 0 saturated heterocycles. The van der Waals surface area contributed by atoms with Gasteiger partial charge in [0.15, 0.2) is 0 Å². The predicted molar refractivity (Wildman–Crippen MR) is 69.9 cm³/mol. The molecular weight excluding hydrogens is 212 g/mol. The lowest BCUT2D eigenvalue weighted by molar-refractivity contribution is -0.145. The van der Waals surface area contributed by atoms with E-state index in [4.69, 9.17) is 4.74 Å². The standard InChI is InChI=1S/C15H22O2/c1-4-13(14-8-6-5-7-9-14)10-15(16)17-11-12(2)3/h5-9,12-13H,4,10-11H2,1-3H3. The van der Waals surface area contributed by atoms with Crippen LogP contribution in [0.15, 0.2) is 30.3 Å². The molecule has 94 valence electrons. The highest BCUT2D eigenvalue weighted by Gasteiger charge is 2.15. The SMILES string of the molecule is CCC(CC(=O)OCC(C)C)c1ccccc1. The fourth-order valence-electron chi connectivity index (χ4n) is 1.74. The fourth-order valence-corrected chi connectivity index (χ4v) is 1.74. The number of esters is 1. The van der Waals surface area contributed by atoms with Crippen molar-refractivity contribution >= 4 is 5.97 Å². The van der Waals surface area contributed by atoms with Gasteiger partial charge in [-0.05, 0) is 23.8 Å². The zero-order valence-electron chi connectivity index (χ0n) is 11.0. The molecule has 0 radical (unpaired) electrons. The van der Waals surface area contributed by atoms with Gasteiger partial charge >= 0.3 is 5.97 Å². The first-order valence-electron chi connectivity index (χ1n) is 6.34. The van der Waals surface area contributed by atoms with Gasteiger partial charge in [-0.2, -0.15) is 0 Å². The summed E-state index contributed by atoms with van der Waals surface area (Å²) in [6.07, 6.45) is 1.44. The van der Waals surface area contributed by atoms with Crippen LogP contribution in [0.5, 0.6) is 0 Å². The van der Waals surface area contributed by atoms with Crippen molar-refractivity contribution in [3.63, 3.8) is 0 Å². The molecule has 0 aromatic heterocycles. The van der Waals surface area contributed by atoms with Crippen molar-refractivity contribution in [2.45, 2.75) is 39.5 Å². The molecule has 1 rings (SSSR count). The monoisotopic (exact) mass is 234 g/mol. The minimum absolute atomic E-state index is 0.0885. The molecule has 0 aliphatic rings. The van der Waals surface area contributed by atoms with Gasteiger partial charge in [-0.15, -0.1) is 0 Å². The maximum absolute atomic E-state index is 11.7. The molecule has 1 atom stereocenters. The molecule has 2 heteroatoms. The molecule has 17 heavy (non-hydrogen) atoms. The van der Waals surface area contributed by atoms with Gasteiger partial charge in [0.2, 0.25) is 0 Å². The molecule has 0 aliphatic heterocycles. The third-order valence-electron chi connectivity index (χ3n) is 2.75.